The maximum atomic E-state index is 6.52. The summed E-state index contributed by atoms with van der Waals surface area (Å²) in [6.45, 7) is 5.51. The molecular weight excluding hydrogens is 262 g/mol. The lowest BCUT2D eigenvalue weighted by molar-refractivity contribution is 0.263. The third-order valence-electron chi connectivity index (χ3n) is 3.82. The molecule has 1 aromatic rings. The summed E-state index contributed by atoms with van der Waals surface area (Å²) in [6, 6.07) is 0. The summed E-state index contributed by atoms with van der Waals surface area (Å²) in [7, 11) is 0. The molecule has 2 N–H and O–H groups in total. The van der Waals surface area contributed by atoms with Gasteiger partial charge in [0.15, 0.2) is 0 Å². The number of benzene rings is 1. The molecule has 0 spiro atoms. The second-order valence-electron chi connectivity index (χ2n) is 5.93. The van der Waals surface area contributed by atoms with Crippen molar-refractivity contribution in [2.24, 2.45) is 5.73 Å². The Hall–Kier alpha value is -0.930. The zero-order valence-electron chi connectivity index (χ0n) is 11.5. The number of hydrogen-bond donors (Lipinski definition) is 1. The van der Waals surface area contributed by atoms with Gasteiger partial charge in [0, 0.05) is 22.2 Å². The molecule has 0 fully saturated rings. The van der Waals surface area contributed by atoms with Gasteiger partial charge in [-0.3, -0.25) is 0 Å². The maximum Gasteiger partial charge on any atom is 0.141 e. The lowest BCUT2D eigenvalue weighted by Crippen LogP contribution is -2.33. The minimum atomic E-state index is -0.448. The van der Waals surface area contributed by atoms with E-state index in [1.165, 1.54) is 0 Å². The molecule has 2 aliphatic rings. The zero-order chi connectivity index (χ0) is 13.6. The first-order chi connectivity index (χ1) is 9.00. The third-order valence-corrected chi connectivity index (χ3v) is 4.22. The Morgan fingerprint density at radius 2 is 1.58 bits per heavy atom. The third kappa shape index (κ3) is 2.09. The zero-order valence-corrected chi connectivity index (χ0v) is 12.3. The van der Waals surface area contributed by atoms with Gasteiger partial charge in [-0.25, -0.2) is 0 Å². The Morgan fingerprint density at radius 1 is 1.00 bits per heavy atom. The number of ether oxygens (including phenoxy) is 2. The Balaban J connectivity index is 2.31. The number of halogens is 1. The number of rotatable bonds is 1. The van der Waals surface area contributed by atoms with Gasteiger partial charge < -0.3 is 15.2 Å². The molecule has 0 saturated carbocycles. The lowest BCUT2D eigenvalue weighted by atomic mass is 9.84. The van der Waals surface area contributed by atoms with E-state index < -0.39 is 5.54 Å². The first-order valence-electron chi connectivity index (χ1n) is 6.92. The predicted molar refractivity (Wildman–Crippen MR) is 76.3 cm³/mol. The molecule has 0 amide bonds. The summed E-state index contributed by atoms with van der Waals surface area (Å²) in [4.78, 5) is 0. The summed E-state index contributed by atoms with van der Waals surface area (Å²) in [5.74, 6) is 1.75. The van der Waals surface area contributed by atoms with Crippen molar-refractivity contribution in [3.05, 3.63) is 21.7 Å². The van der Waals surface area contributed by atoms with Crippen LogP contribution in [0.15, 0.2) is 0 Å². The molecule has 2 heterocycles. The maximum absolute atomic E-state index is 6.52. The Bertz CT molecular complexity index is 483. The highest BCUT2D eigenvalue weighted by Gasteiger charge is 2.33. The molecule has 0 saturated heterocycles. The smallest absolute Gasteiger partial charge is 0.141 e. The van der Waals surface area contributed by atoms with E-state index in [0.29, 0.717) is 0 Å². The molecule has 4 heteroatoms. The molecule has 3 nitrogen and oxygen atoms in total. The fourth-order valence-corrected chi connectivity index (χ4v) is 3.42. The topological polar surface area (TPSA) is 44.5 Å². The predicted octanol–water partition coefficient (Wildman–Crippen LogP) is 3.18. The molecule has 1 aromatic carbocycles. The van der Waals surface area contributed by atoms with Crippen LogP contribution in [-0.4, -0.2) is 13.2 Å². The molecule has 104 valence electrons. The van der Waals surface area contributed by atoms with Gasteiger partial charge in [-0.1, -0.05) is 11.6 Å². The van der Waals surface area contributed by atoms with E-state index in [9.17, 15) is 0 Å². The second kappa shape index (κ2) is 4.57. The Labute approximate surface area is 119 Å². The SMILES string of the molecule is CC(C)(N)c1c2c(c(Cl)c3c1OCCC3)OCCC2. The number of fused-ring (bicyclic) bond motifs is 2. The van der Waals surface area contributed by atoms with Crippen molar-refractivity contribution >= 4 is 11.6 Å². The van der Waals surface area contributed by atoms with Gasteiger partial charge in [-0.2, -0.15) is 0 Å². The molecule has 0 bridgehead atoms. The van der Waals surface area contributed by atoms with Crippen molar-refractivity contribution in [1.29, 1.82) is 0 Å². The average molecular weight is 282 g/mol. The van der Waals surface area contributed by atoms with E-state index in [1.807, 2.05) is 13.8 Å². The van der Waals surface area contributed by atoms with Gasteiger partial charge in [0.05, 0.1) is 18.2 Å². The minimum Gasteiger partial charge on any atom is -0.493 e. The lowest BCUT2D eigenvalue weighted by Gasteiger charge is -2.34. The van der Waals surface area contributed by atoms with Crippen LogP contribution in [-0.2, 0) is 18.4 Å². The van der Waals surface area contributed by atoms with Crippen LogP contribution in [0, 0.1) is 0 Å². The highest BCUT2D eigenvalue weighted by Crippen LogP contribution is 2.48. The Kier molecular flexibility index (Phi) is 3.14. The Morgan fingerprint density at radius 3 is 2.21 bits per heavy atom. The van der Waals surface area contributed by atoms with Crippen LogP contribution in [0.3, 0.4) is 0 Å². The fourth-order valence-electron chi connectivity index (χ4n) is 3.07. The normalized spacial score (nSPS) is 18.1. The summed E-state index contributed by atoms with van der Waals surface area (Å²) < 4.78 is 11.7. The summed E-state index contributed by atoms with van der Waals surface area (Å²) in [5, 5.41) is 0.734. The average Bonchev–Trinajstić information content (AvgIpc) is 2.38. The van der Waals surface area contributed by atoms with Crippen LogP contribution < -0.4 is 15.2 Å². The van der Waals surface area contributed by atoms with Crippen molar-refractivity contribution in [1.82, 2.24) is 0 Å². The van der Waals surface area contributed by atoms with Gasteiger partial charge in [0.25, 0.3) is 0 Å². The fraction of sp³-hybridized carbons (Fsp3) is 0.600. The summed E-state index contributed by atoms with van der Waals surface area (Å²) in [6.07, 6.45) is 3.90. The standard InChI is InChI=1S/C15H20ClNO2/c1-15(2,17)11-9-5-3-8-19-14(9)12(16)10-6-4-7-18-13(10)11/h3-8,17H2,1-2H3. The van der Waals surface area contributed by atoms with Crippen LogP contribution in [0.25, 0.3) is 0 Å². The second-order valence-corrected chi connectivity index (χ2v) is 6.31. The van der Waals surface area contributed by atoms with Crippen LogP contribution in [0.5, 0.6) is 11.5 Å². The number of hydrogen-bond acceptors (Lipinski definition) is 3. The van der Waals surface area contributed by atoms with Crippen molar-refractivity contribution in [2.75, 3.05) is 13.2 Å². The molecule has 0 aliphatic carbocycles. The molecule has 0 unspecified atom stereocenters. The van der Waals surface area contributed by atoms with Crippen molar-refractivity contribution in [3.8, 4) is 11.5 Å². The summed E-state index contributed by atoms with van der Waals surface area (Å²) >= 11 is 6.52. The van der Waals surface area contributed by atoms with E-state index in [0.717, 1.165) is 72.1 Å². The van der Waals surface area contributed by atoms with E-state index >= 15 is 0 Å². The van der Waals surface area contributed by atoms with Crippen LogP contribution >= 0.6 is 11.6 Å². The minimum absolute atomic E-state index is 0.448. The first kappa shape index (κ1) is 13.1. The van der Waals surface area contributed by atoms with Crippen LogP contribution in [0.1, 0.15) is 43.4 Å². The molecule has 2 aliphatic heterocycles. The van der Waals surface area contributed by atoms with E-state index in [-0.39, 0.29) is 0 Å². The van der Waals surface area contributed by atoms with Crippen molar-refractivity contribution in [2.45, 2.75) is 45.1 Å². The van der Waals surface area contributed by atoms with Crippen LogP contribution in [0.4, 0.5) is 0 Å². The van der Waals surface area contributed by atoms with Crippen LogP contribution in [0.2, 0.25) is 5.02 Å². The van der Waals surface area contributed by atoms with Gasteiger partial charge in [0.1, 0.15) is 11.5 Å². The molecule has 19 heavy (non-hydrogen) atoms. The molecular formula is C15H20ClNO2. The molecule has 0 atom stereocenters. The van der Waals surface area contributed by atoms with Gasteiger partial charge in [-0.05, 0) is 39.5 Å². The van der Waals surface area contributed by atoms with Gasteiger partial charge in [-0.15, -0.1) is 0 Å². The van der Waals surface area contributed by atoms with E-state index in [1.54, 1.807) is 0 Å². The monoisotopic (exact) mass is 281 g/mol. The largest absolute Gasteiger partial charge is 0.493 e. The quantitative estimate of drug-likeness (QED) is 0.860. The van der Waals surface area contributed by atoms with Gasteiger partial charge >= 0.3 is 0 Å². The van der Waals surface area contributed by atoms with Crippen molar-refractivity contribution < 1.29 is 9.47 Å². The van der Waals surface area contributed by atoms with Gasteiger partial charge in [0.2, 0.25) is 0 Å². The molecule has 3 rings (SSSR count). The highest BCUT2D eigenvalue weighted by atomic mass is 35.5. The van der Waals surface area contributed by atoms with E-state index in [4.69, 9.17) is 26.8 Å². The molecule has 0 radical (unpaired) electrons. The van der Waals surface area contributed by atoms with E-state index in [2.05, 4.69) is 0 Å². The first-order valence-corrected chi connectivity index (χ1v) is 7.30. The van der Waals surface area contributed by atoms with Crippen molar-refractivity contribution in [3.63, 3.8) is 0 Å². The number of nitrogens with two attached hydrogens (primary N) is 1. The molecule has 0 aromatic heterocycles. The summed E-state index contributed by atoms with van der Waals surface area (Å²) in [5.41, 5.74) is 9.23. The highest BCUT2D eigenvalue weighted by molar-refractivity contribution is 6.33.